The SMILES string of the molecule is c1ccc(-c2ccc(N(c3ccccc3)c3ccccc3-c3ccc(C4(c5ccccc5)c5ccccc5-c5ccccc54)cc3)cc2)cc1. The van der Waals surface area contributed by atoms with Gasteiger partial charge in [0.25, 0.3) is 0 Å². The van der Waals surface area contributed by atoms with Gasteiger partial charge >= 0.3 is 0 Å². The van der Waals surface area contributed by atoms with E-state index in [-0.39, 0.29) is 0 Å². The first-order chi connectivity index (χ1) is 24.8. The number of hydrogen-bond acceptors (Lipinski definition) is 1. The first-order valence-electron chi connectivity index (χ1n) is 17.3. The fourth-order valence-electron chi connectivity index (χ4n) is 7.96. The van der Waals surface area contributed by atoms with Crippen LogP contribution < -0.4 is 4.90 Å². The number of fused-ring (bicyclic) bond motifs is 3. The predicted molar refractivity (Wildman–Crippen MR) is 209 cm³/mol. The highest BCUT2D eigenvalue weighted by Gasteiger charge is 2.45. The third kappa shape index (κ3) is 4.86. The van der Waals surface area contributed by atoms with Gasteiger partial charge in [-0.1, -0.05) is 182 Å². The quantitative estimate of drug-likeness (QED) is 0.168. The summed E-state index contributed by atoms with van der Waals surface area (Å²) in [5, 5.41) is 0. The van der Waals surface area contributed by atoms with Crippen molar-refractivity contribution in [3.05, 3.63) is 235 Å². The van der Waals surface area contributed by atoms with E-state index in [0.717, 1.165) is 17.1 Å². The molecular weight excluding hydrogens is 603 g/mol. The molecule has 0 radical (unpaired) electrons. The molecule has 0 amide bonds. The molecule has 0 aliphatic heterocycles. The molecule has 0 aromatic heterocycles. The highest BCUT2D eigenvalue weighted by atomic mass is 15.1. The summed E-state index contributed by atoms with van der Waals surface area (Å²) < 4.78 is 0. The second kappa shape index (κ2) is 12.5. The Bertz CT molecular complexity index is 2350. The minimum Gasteiger partial charge on any atom is -0.310 e. The molecule has 0 atom stereocenters. The Morgan fingerprint density at radius 3 is 1.32 bits per heavy atom. The summed E-state index contributed by atoms with van der Waals surface area (Å²) >= 11 is 0. The van der Waals surface area contributed by atoms with E-state index < -0.39 is 5.41 Å². The molecular formula is C49H35N. The van der Waals surface area contributed by atoms with Crippen molar-refractivity contribution in [2.24, 2.45) is 0 Å². The maximum atomic E-state index is 2.37. The number of nitrogens with zero attached hydrogens (tertiary/aromatic N) is 1. The monoisotopic (exact) mass is 637 g/mol. The summed E-state index contributed by atoms with van der Waals surface area (Å²) in [5.41, 5.74) is 15.5. The van der Waals surface area contributed by atoms with E-state index in [9.17, 15) is 0 Å². The van der Waals surface area contributed by atoms with E-state index in [4.69, 9.17) is 0 Å². The fourth-order valence-corrected chi connectivity index (χ4v) is 7.96. The van der Waals surface area contributed by atoms with Crippen LogP contribution in [-0.4, -0.2) is 0 Å². The largest absolute Gasteiger partial charge is 0.310 e. The van der Waals surface area contributed by atoms with Crippen molar-refractivity contribution < 1.29 is 0 Å². The molecule has 1 aliphatic carbocycles. The van der Waals surface area contributed by atoms with Gasteiger partial charge in [0, 0.05) is 16.9 Å². The molecule has 0 bridgehead atoms. The Labute approximate surface area is 294 Å². The molecule has 0 heterocycles. The lowest BCUT2D eigenvalue weighted by Crippen LogP contribution is -2.28. The molecule has 8 aromatic rings. The Kier molecular flexibility index (Phi) is 7.44. The van der Waals surface area contributed by atoms with Gasteiger partial charge in [0.2, 0.25) is 0 Å². The zero-order chi connectivity index (χ0) is 33.3. The van der Waals surface area contributed by atoms with Crippen molar-refractivity contribution in [3.63, 3.8) is 0 Å². The van der Waals surface area contributed by atoms with Gasteiger partial charge in [-0.2, -0.15) is 0 Å². The third-order valence-electron chi connectivity index (χ3n) is 10.2. The van der Waals surface area contributed by atoms with Crippen LogP contribution in [0.3, 0.4) is 0 Å². The molecule has 1 nitrogen and oxygen atoms in total. The van der Waals surface area contributed by atoms with Gasteiger partial charge in [-0.05, 0) is 80.4 Å². The maximum absolute atomic E-state index is 2.37. The summed E-state index contributed by atoms with van der Waals surface area (Å²) in [6.45, 7) is 0. The molecule has 0 saturated heterocycles. The predicted octanol–water partition coefficient (Wildman–Crippen LogP) is 12.9. The van der Waals surface area contributed by atoms with Gasteiger partial charge in [0.1, 0.15) is 0 Å². The Morgan fingerprint density at radius 1 is 0.280 bits per heavy atom. The molecule has 1 heteroatoms. The summed E-state index contributed by atoms with van der Waals surface area (Å²) in [4.78, 5) is 2.37. The maximum Gasteiger partial charge on any atom is 0.0713 e. The van der Waals surface area contributed by atoms with Gasteiger partial charge in [0.05, 0.1) is 11.1 Å². The van der Waals surface area contributed by atoms with E-state index >= 15 is 0 Å². The van der Waals surface area contributed by atoms with Gasteiger partial charge in [-0.25, -0.2) is 0 Å². The molecule has 0 N–H and O–H groups in total. The van der Waals surface area contributed by atoms with Crippen LogP contribution in [0.2, 0.25) is 0 Å². The van der Waals surface area contributed by atoms with E-state index in [1.165, 1.54) is 55.6 Å². The van der Waals surface area contributed by atoms with E-state index in [0.29, 0.717) is 0 Å². The van der Waals surface area contributed by atoms with Crippen molar-refractivity contribution >= 4 is 17.1 Å². The normalized spacial score (nSPS) is 12.6. The van der Waals surface area contributed by atoms with Crippen LogP contribution in [0.4, 0.5) is 17.1 Å². The molecule has 0 unspecified atom stereocenters. The zero-order valence-corrected chi connectivity index (χ0v) is 27.7. The van der Waals surface area contributed by atoms with Crippen LogP contribution in [0.5, 0.6) is 0 Å². The highest BCUT2D eigenvalue weighted by Crippen LogP contribution is 2.56. The van der Waals surface area contributed by atoms with Crippen LogP contribution >= 0.6 is 0 Å². The average Bonchev–Trinajstić information content (AvgIpc) is 3.51. The van der Waals surface area contributed by atoms with Gasteiger partial charge < -0.3 is 4.90 Å². The zero-order valence-electron chi connectivity index (χ0n) is 27.7. The van der Waals surface area contributed by atoms with Crippen LogP contribution in [0, 0.1) is 0 Å². The molecule has 0 saturated carbocycles. The van der Waals surface area contributed by atoms with E-state index in [1.54, 1.807) is 0 Å². The van der Waals surface area contributed by atoms with Gasteiger partial charge in [-0.3, -0.25) is 0 Å². The molecule has 50 heavy (non-hydrogen) atoms. The Balaban J connectivity index is 1.18. The number of hydrogen-bond donors (Lipinski definition) is 0. The van der Waals surface area contributed by atoms with Crippen molar-refractivity contribution in [1.29, 1.82) is 0 Å². The summed E-state index contributed by atoms with van der Waals surface area (Å²) in [6.07, 6.45) is 0. The average molecular weight is 638 g/mol. The molecule has 9 rings (SSSR count). The van der Waals surface area contributed by atoms with Crippen LogP contribution in [0.1, 0.15) is 22.3 Å². The molecule has 8 aromatic carbocycles. The topological polar surface area (TPSA) is 3.24 Å². The highest BCUT2D eigenvalue weighted by molar-refractivity contribution is 5.90. The van der Waals surface area contributed by atoms with Crippen LogP contribution in [-0.2, 0) is 5.41 Å². The second-order valence-corrected chi connectivity index (χ2v) is 12.9. The van der Waals surface area contributed by atoms with Crippen molar-refractivity contribution in [2.75, 3.05) is 4.90 Å². The molecule has 236 valence electrons. The van der Waals surface area contributed by atoms with Crippen LogP contribution in [0.25, 0.3) is 33.4 Å². The number of benzene rings is 8. The number of anilines is 3. The lowest BCUT2D eigenvalue weighted by molar-refractivity contribution is 0.768. The van der Waals surface area contributed by atoms with E-state index in [2.05, 4.69) is 217 Å². The van der Waals surface area contributed by atoms with Crippen molar-refractivity contribution in [3.8, 4) is 33.4 Å². The Morgan fingerprint density at radius 2 is 0.700 bits per heavy atom. The van der Waals surface area contributed by atoms with Crippen LogP contribution in [0.15, 0.2) is 212 Å². The smallest absolute Gasteiger partial charge is 0.0713 e. The molecule has 1 aliphatic rings. The van der Waals surface area contributed by atoms with Gasteiger partial charge in [-0.15, -0.1) is 0 Å². The first-order valence-corrected chi connectivity index (χ1v) is 17.3. The third-order valence-corrected chi connectivity index (χ3v) is 10.2. The minimum atomic E-state index is -0.414. The molecule has 0 fully saturated rings. The van der Waals surface area contributed by atoms with Crippen molar-refractivity contribution in [1.82, 2.24) is 0 Å². The Hall–Kier alpha value is -6.44. The number of para-hydroxylation sites is 2. The van der Waals surface area contributed by atoms with E-state index in [1.807, 2.05) is 0 Å². The minimum absolute atomic E-state index is 0.414. The standard InChI is InChI=1S/C49H35N/c1-4-16-36(17-5-1)37-30-34-42(35-31-37)50(41-20-8-3-9-21-41)48-27-15-12-22-43(48)38-28-32-40(33-29-38)49(39-18-6-2-7-19-39)46-25-13-10-23-44(46)45-24-11-14-26-47(45)49/h1-35H. The van der Waals surface area contributed by atoms with Gasteiger partial charge in [0.15, 0.2) is 0 Å². The fraction of sp³-hybridized carbons (Fsp3) is 0.0204. The summed E-state index contributed by atoms with van der Waals surface area (Å²) in [7, 11) is 0. The first kappa shape index (κ1) is 29.7. The second-order valence-electron chi connectivity index (χ2n) is 12.9. The van der Waals surface area contributed by atoms with Crippen molar-refractivity contribution in [2.45, 2.75) is 5.41 Å². The molecule has 0 spiro atoms. The summed E-state index contributed by atoms with van der Waals surface area (Å²) in [6, 6.07) is 77.0. The lowest BCUT2D eigenvalue weighted by Gasteiger charge is -2.34. The lowest BCUT2D eigenvalue weighted by atomic mass is 9.67. The summed E-state index contributed by atoms with van der Waals surface area (Å²) in [5.74, 6) is 0. The number of rotatable bonds is 7.